The molecule has 0 radical (unpaired) electrons. The van der Waals surface area contributed by atoms with Crippen LogP contribution in [-0.2, 0) is 6.18 Å². The van der Waals surface area contributed by atoms with Crippen LogP contribution in [0.5, 0.6) is 0 Å². The molecule has 0 bridgehead atoms. The van der Waals surface area contributed by atoms with Gasteiger partial charge in [0.15, 0.2) is 0 Å². The van der Waals surface area contributed by atoms with Crippen molar-refractivity contribution < 1.29 is 18.0 Å². The molecule has 1 aliphatic heterocycles. The summed E-state index contributed by atoms with van der Waals surface area (Å²) in [4.78, 5) is 16.9. The van der Waals surface area contributed by atoms with Gasteiger partial charge in [-0.2, -0.15) is 13.2 Å². The van der Waals surface area contributed by atoms with Crippen LogP contribution in [0.1, 0.15) is 23.0 Å². The topological polar surface area (TPSA) is 33.2 Å². The second-order valence-electron chi connectivity index (χ2n) is 3.90. The van der Waals surface area contributed by atoms with E-state index in [2.05, 4.69) is 4.98 Å². The van der Waals surface area contributed by atoms with Gasteiger partial charge in [0.25, 0.3) is 5.91 Å². The number of pyridine rings is 1. The van der Waals surface area contributed by atoms with Gasteiger partial charge in [0, 0.05) is 18.5 Å². The Kier molecular flexibility index (Phi) is 3.52. The minimum absolute atomic E-state index is 0.0554. The quantitative estimate of drug-likeness (QED) is 0.790. The fourth-order valence-corrected chi connectivity index (χ4v) is 2.74. The van der Waals surface area contributed by atoms with Crippen molar-refractivity contribution in [2.75, 3.05) is 12.3 Å². The highest BCUT2D eigenvalue weighted by atomic mass is 32.2. The number of nitrogens with zero attached hydrogens (tertiary/aromatic N) is 2. The van der Waals surface area contributed by atoms with Gasteiger partial charge in [0.1, 0.15) is 5.69 Å². The molecule has 3 nitrogen and oxygen atoms in total. The molecule has 1 fully saturated rings. The number of carbonyl (C=O) groups excluding carboxylic acids is 1. The van der Waals surface area contributed by atoms with Crippen LogP contribution in [0.3, 0.4) is 0 Å². The lowest BCUT2D eigenvalue weighted by Crippen LogP contribution is -2.33. The van der Waals surface area contributed by atoms with Gasteiger partial charge in [-0.3, -0.25) is 9.78 Å². The van der Waals surface area contributed by atoms with Crippen molar-refractivity contribution in [2.24, 2.45) is 0 Å². The zero-order valence-electron chi connectivity index (χ0n) is 9.57. The number of hydrogen-bond donors (Lipinski definition) is 0. The first-order chi connectivity index (χ1) is 8.39. The molecule has 98 valence electrons. The smallest absolute Gasteiger partial charge is 0.326 e. The first-order valence-corrected chi connectivity index (χ1v) is 6.40. The first-order valence-electron chi connectivity index (χ1n) is 5.35. The Morgan fingerprint density at radius 1 is 1.50 bits per heavy atom. The van der Waals surface area contributed by atoms with Crippen molar-refractivity contribution in [1.82, 2.24) is 9.88 Å². The van der Waals surface area contributed by atoms with E-state index >= 15 is 0 Å². The van der Waals surface area contributed by atoms with E-state index in [0.717, 1.165) is 18.0 Å². The predicted molar refractivity (Wildman–Crippen MR) is 62.2 cm³/mol. The molecule has 1 saturated heterocycles. The van der Waals surface area contributed by atoms with Crippen molar-refractivity contribution in [1.29, 1.82) is 0 Å². The summed E-state index contributed by atoms with van der Waals surface area (Å²) < 4.78 is 37.0. The molecular formula is C11H11F3N2OS. The minimum atomic E-state index is -4.47. The fourth-order valence-electron chi connectivity index (χ4n) is 1.71. The average Bonchev–Trinajstić information content (AvgIpc) is 2.73. The van der Waals surface area contributed by atoms with Crippen LogP contribution in [0.15, 0.2) is 18.3 Å². The van der Waals surface area contributed by atoms with Crippen molar-refractivity contribution in [2.45, 2.75) is 18.5 Å². The Hall–Kier alpha value is -1.24. The summed E-state index contributed by atoms with van der Waals surface area (Å²) in [5, 5.41) is 0.0554. The van der Waals surface area contributed by atoms with E-state index in [1.165, 1.54) is 6.07 Å². The molecule has 0 saturated carbocycles. The number of hydrogen-bond acceptors (Lipinski definition) is 3. The predicted octanol–water partition coefficient (Wildman–Crippen LogP) is 2.64. The standard InChI is InChI=1S/C11H11F3N2OS/c1-7-16(4-5-18-7)10(17)8-2-3-9(15-6-8)11(12,13)14/h2-3,6-7H,4-5H2,1H3. The summed E-state index contributed by atoms with van der Waals surface area (Å²) in [5.74, 6) is 0.578. The summed E-state index contributed by atoms with van der Waals surface area (Å²) in [5.41, 5.74) is -0.791. The molecule has 0 spiro atoms. The summed E-state index contributed by atoms with van der Waals surface area (Å²) in [6.07, 6.45) is -3.49. The molecule has 7 heteroatoms. The van der Waals surface area contributed by atoms with Crippen molar-refractivity contribution >= 4 is 17.7 Å². The Morgan fingerprint density at radius 3 is 2.67 bits per heavy atom. The lowest BCUT2D eigenvalue weighted by Gasteiger charge is -2.20. The molecule has 2 rings (SSSR count). The molecule has 1 aromatic heterocycles. The zero-order valence-corrected chi connectivity index (χ0v) is 10.4. The van der Waals surface area contributed by atoms with Crippen LogP contribution in [-0.4, -0.2) is 33.5 Å². The number of alkyl halides is 3. The van der Waals surface area contributed by atoms with Gasteiger partial charge in [-0.25, -0.2) is 0 Å². The summed E-state index contributed by atoms with van der Waals surface area (Å²) >= 11 is 1.64. The van der Waals surface area contributed by atoms with Crippen molar-refractivity contribution in [3.63, 3.8) is 0 Å². The number of thioether (sulfide) groups is 1. The highest BCUT2D eigenvalue weighted by Gasteiger charge is 2.33. The molecule has 1 aromatic rings. The third-order valence-corrected chi connectivity index (χ3v) is 3.85. The second-order valence-corrected chi connectivity index (χ2v) is 5.32. The monoisotopic (exact) mass is 276 g/mol. The molecule has 1 aliphatic rings. The number of halogens is 3. The summed E-state index contributed by atoms with van der Waals surface area (Å²) in [6, 6.07) is 2.01. The first kappa shape index (κ1) is 13.2. The van der Waals surface area contributed by atoms with Crippen LogP contribution in [0.4, 0.5) is 13.2 Å². The highest BCUT2D eigenvalue weighted by Crippen LogP contribution is 2.28. The molecule has 2 heterocycles. The van der Waals surface area contributed by atoms with Crippen molar-refractivity contribution in [3.8, 4) is 0 Å². The van der Waals surface area contributed by atoms with Gasteiger partial charge in [-0.1, -0.05) is 0 Å². The largest absolute Gasteiger partial charge is 0.433 e. The Labute approximate surface area is 106 Å². The Balaban J connectivity index is 2.17. The normalized spacial score (nSPS) is 20.2. The van der Waals surface area contributed by atoms with Gasteiger partial charge < -0.3 is 4.90 Å². The van der Waals surface area contributed by atoms with Crippen LogP contribution in [0.2, 0.25) is 0 Å². The number of aromatic nitrogens is 1. The van der Waals surface area contributed by atoms with Gasteiger partial charge in [-0.05, 0) is 19.1 Å². The summed E-state index contributed by atoms with van der Waals surface area (Å²) in [7, 11) is 0. The maximum absolute atomic E-state index is 12.3. The van der Waals surface area contributed by atoms with Crippen LogP contribution in [0.25, 0.3) is 0 Å². The van der Waals surface area contributed by atoms with E-state index in [-0.39, 0.29) is 16.8 Å². The molecule has 0 aliphatic carbocycles. The summed E-state index contributed by atoms with van der Waals surface area (Å²) in [6.45, 7) is 2.51. The van der Waals surface area contributed by atoms with Gasteiger partial charge >= 0.3 is 6.18 Å². The van der Waals surface area contributed by atoms with Crippen molar-refractivity contribution in [3.05, 3.63) is 29.6 Å². The number of amides is 1. The maximum atomic E-state index is 12.3. The Bertz CT molecular complexity index is 447. The third kappa shape index (κ3) is 2.60. The molecule has 1 atom stereocenters. The van der Waals surface area contributed by atoms with E-state index in [0.29, 0.717) is 6.54 Å². The highest BCUT2D eigenvalue weighted by molar-refractivity contribution is 8.00. The molecule has 1 unspecified atom stereocenters. The molecule has 0 aromatic carbocycles. The number of carbonyl (C=O) groups is 1. The SMILES string of the molecule is CC1SCCN1C(=O)c1ccc(C(F)(F)F)nc1. The van der Waals surface area contributed by atoms with E-state index in [1.54, 1.807) is 16.7 Å². The maximum Gasteiger partial charge on any atom is 0.433 e. The molecule has 1 amide bonds. The van der Waals surface area contributed by atoms with E-state index in [1.807, 2.05) is 6.92 Å². The van der Waals surface area contributed by atoms with Gasteiger partial charge in [-0.15, -0.1) is 11.8 Å². The van der Waals surface area contributed by atoms with Crippen LogP contribution < -0.4 is 0 Å². The zero-order chi connectivity index (χ0) is 13.3. The molecule has 18 heavy (non-hydrogen) atoms. The van der Waals surface area contributed by atoms with Gasteiger partial charge in [0.05, 0.1) is 10.9 Å². The second kappa shape index (κ2) is 4.79. The minimum Gasteiger partial charge on any atom is -0.326 e. The Morgan fingerprint density at radius 2 is 2.22 bits per heavy atom. The van der Waals surface area contributed by atoms with Gasteiger partial charge in [0.2, 0.25) is 0 Å². The number of rotatable bonds is 1. The van der Waals surface area contributed by atoms with E-state index < -0.39 is 11.9 Å². The van der Waals surface area contributed by atoms with Crippen LogP contribution >= 0.6 is 11.8 Å². The molecule has 0 N–H and O–H groups in total. The molecular weight excluding hydrogens is 265 g/mol. The van der Waals surface area contributed by atoms with E-state index in [4.69, 9.17) is 0 Å². The van der Waals surface area contributed by atoms with E-state index in [9.17, 15) is 18.0 Å². The lowest BCUT2D eigenvalue weighted by molar-refractivity contribution is -0.141. The fraction of sp³-hybridized carbons (Fsp3) is 0.455. The lowest BCUT2D eigenvalue weighted by atomic mass is 10.2. The average molecular weight is 276 g/mol. The third-order valence-electron chi connectivity index (χ3n) is 2.69. The van der Waals surface area contributed by atoms with Crippen LogP contribution in [0, 0.1) is 0 Å².